The monoisotopic (exact) mass is 491 g/mol. The zero-order valence-electron chi connectivity index (χ0n) is 21.7. The van der Waals surface area contributed by atoms with Gasteiger partial charge in [-0.2, -0.15) is 15.1 Å². The third kappa shape index (κ3) is 8.07. The highest BCUT2D eigenvalue weighted by atomic mass is 15.1. The molecule has 3 rings (SSSR count). The summed E-state index contributed by atoms with van der Waals surface area (Å²) in [6.45, 7) is 2.69. The maximum atomic E-state index is 8.80. The summed E-state index contributed by atoms with van der Waals surface area (Å²) in [5.74, 6) is 0. The first-order valence-corrected chi connectivity index (χ1v) is 12.5. The summed E-state index contributed by atoms with van der Waals surface area (Å²) in [6, 6.07) is 27.3. The average Bonchev–Trinajstić information content (AvgIpc) is 2.94. The fraction of sp³-hybridized carbons (Fsp3) is 0.258. The lowest BCUT2D eigenvalue weighted by Crippen LogP contribution is -2.43. The first-order valence-electron chi connectivity index (χ1n) is 12.5. The largest absolute Gasteiger partial charge is 0.374 e. The van der Waals surface area contributed by atoms with E-state index in [0.717, 1.165) is 33.9 Å². The van der Waals surface area contributed by atoms with Gasteiger partial charge in [-0.05, 0) is 53.6 Å². The van der Waals surface area contributed by atoms with Crippen LogP contribution in [0.2, 0.25) is 0 Å². The van der Waals surface area contributed by atoms with Crippen LogP contribution in [0, 0.1) is 22.7 Å². The Bertz CT molecular complexity index is 1180. The van der Waals surface area contributed by atoms with Gasteiger partial charge in [0.25, 0.3) is 0 Å². The minimum absolute atomic E-state index is 0.510. The van der Waals surface area contributed by atoms with Gasteiger partial charge < -0.3 is 15.5 Å². The number of nitrogens with two attached hydrogens (primary N) is 1. The summed E-state index contributed by atoms with van der Waals surface area (Å²) < 4.78 is 2.22. The predicted molar refractivity (Wildman–Crippen MR) is 153 cm³/mol. The second kappa shape index (κ2) is 14.2. The van der Waals surface area contributed by atoms with Crippen molar-refractivity contribution < 1.29 is 4.57 Å². The molecular formula is C31H35N6+. The lowest BCUT2D eigenvalue weighted by atomic mass is 10.1. The summed E-state index contributed by atoms with van der Waals surface area (Å²) in [5.41, 5.74) is 12.5. The molecule has 0 atom stereocenters. The smallest absolute Gasteiger partial charge is 0.205 e. The first kappa shape index (κ1) is 27.2. The molecule has 1 aromatic heterocycles. The van der Waals surface area contributed by atoms with Crippen molar-refractivity contribution in [1.29, 1.82) is 10.5 Å². The van der Waals surface area contributed by atoms with Crippen LogP contribution in [0.25, 0.3) is 24.3 Å². The van der Waals surface area contributed by atoms with Crippen LogP contribution in [-0.4, -0.2) is 33.7 Å². The molecule has 0 amide bonds. The van der Waals surface area contributed by atoms with E-state index >= 15 is 0 Å². The SMILES string of the molecule is CN(CCC#N)c1ccc(/C=C/c2cccc(/C=C/c3ccc(N(C)CCC#N)cc3)[n+]2CCN)cc1. The van der Waals surface area contributed by atoms with E-state index in [1.807, 2.05) is 14.1 Å². The summed E-state index contributed by atoms with van der Waals surface area (Å²) in [5, 5.41) is 17.6. The third-order valence-electron chi connectivity index (χ3n) is 6.19. The number of hydrogen-bond acceptors (Lipinski definition) is 5. The molecule has 1 heterocycles. The van der Waals surface area contributed by atoms with Crippen molar-refractivity contribution in [2.75, 3.05) is 43.5 Å². The van der Waals surface area contributed by atoms with Crippen molar-refractivity contribution in [3.05, 3.63) is 89.2 Å². The Labute approximate surface area is 220 Å². The van der Waals surface area contributed by atoms with Crippen LogP contribution in [0.1, 0.15) is 35.4 Å². The van der Waals surface area contributed by atoms with Crippen LogP contribution in [0.15, 0.2) is 66.7 Å². The number of nitriles is 2. The number of pyridine rings is 1. The zero-order valence-corrected chi connectivity index (χ0v) is 21.7. The van der Waals surface area contributed by atoms with E-state index in [9.17, 15) is 0 Å². The van der Waals surface area contributed by atoms with Gasteiger partial charge in [0, 0.05) is 62.8 Å². The van der Waals surface area contributed by atoms with Gasteiger partial charge in [-0.1, -0.05) is 24.3 Å². The predicted octanol–water partition coefficient (Wildman–Crippen LogP) is 4.97. The first-order chi connectivity index (χ1) is 18.0. The van der Waals surface area contributed by atoms with Gasteiger partial charge in [-0.25, -0.2) is 0 Å². The van der Waals surface area contributed by atoms with E-state index in [2.05, 4.69) is 118 Å². The van der Waals surface area contributed by atoms with Crippen LogP contribution in [-0.2, 0) is 6.54 Å². The number of anilines is 2. The molecule has 2 N–H and O–H groups in total. The Balaban J connectivity index is 1.75. The van der Waals surface area contributed by atoms with Gasteiger partial charge in [-0.15, -0.1) is 0 Å². The fourth-order valence-electron chi connectivity index (χ4n) is 3.99. The molecule has 188 valence electrons. The van der Waals surface area contributed by atoms with Crippen molar-refractivity contribution in [1.82, 2.24) is 0 Å². The fourth-order valence-corrected chi connectivity index (χ4v) is 3.99. The van der Waals surface area contributed by atoms with Crippen molar-refractivity contribution >= 4 is 35.7 Å². The Hall–Kier alpha value is -4.39. The highest BCUT2D eigenvalue weighted by Gasteiger charge is 2.12. The van der Waals surface area contributed by atoms with Gasteiger partial charge in [0.2, 0.25) is 11.4 Å². The molecule has 6 heteroatoms. The van der Waals surface area contributed by atoms with Crippen LogP contribution in [0.3, 0.4) is 0 Å². The zero-order chi connectivity index (χ0) is 26.5. The maximum absolute atomic E-state index is 8.80. The number of nitrogens with zero attached hydrogens (tertiary/aromatic N) is 5. The second-order valence-corrected chi connectivity index (χ2v) is 8.82. The highest BCUT2D eigenvalue weighted by molar-refractivity contribution is 5.70. The summed E-state index contributed by atoms with van der Waals surface area (Å²) in [6.07, 6.45) is 9.47. The molecular weight excluding hydrogens is 456 g/mol. The van der Waals surface area contributed by atoms with E-state index in [0.29, 0.717) is 39.0 Å². The molecule has 2 aromatic carbocycles. The quantitative estimate of drug-likeness (QED) is 0.362. The molecule has 0 unspecified atom stereocenters. The molecule has 0 bridgehead atoms. The van der Waals surface area contributed by atoms with Gasteiger partial charge in [-0.3, -0.25) is 0 Å². The minimum atomic E-state index is 0.510. The molecule has 0 saturated carbocycles. The molecule has 37 heavy (non-hydrogen) atoms. The topological polar surface area (TPSA) is 84.0 Å². The van der Waals surface area contributed by atoms with Crippen LogP contribution in [0.4, 0.5) is 11.4 Å². The third-order valence-corrected chi connectivity index (χ3v) is 6.19. The van der Waals surface area contributed by atoms with E-state index in [4.69, 9.17) is 16.3 Å². The lowest BCUT2D eigenvalue weighted by Gasteiger charge is -2.17. The number of benzene rings is 2. The molecule has 0 aliphatic heterocycles. The van der Waals surface area contributed by atoms with Gasteiger partial charge >= 0.3 is 0 Å². The molecule has 0 saturated heterocycles. The summed E-state index contributed by atoms with van der Waals surface area (Å²) >= 11 is 0. The number of hydrogen-bond donors (Lipinski definition) is 1. The van der Waals surface area contributed by atoms with Gasteiger partial charge in [0.1, 0.15) is 0 Å². The Kier molecular flexibility index (Phi) is 10.5. The minimum Gasteiger partial charge on any atom is -0.374 e. The number of rotatable bonds is 12. The maximum Gasteiger partial charge on any atom is 0.205 e. The molecule has 6 nitrogen and oxygen atoms in total. The summed E-state index contributed by atoms with van der Waals surface area (Å²) in [4.78, 5) is 4.17. The highest BCUT2D eigenvalue weighted by Crippen LogP contribution is 2.17. The van der Waals surface area contributed by atoms with Crippen LogP contribution >= 0.6 is 0 Å². The van der Waals surface area contributed by atoms with Crippen molar-refractivity contribution in [3.8, 4) is 12.1 Å². The Morgan fingerprint density at radius 2 is 1.14 bits per heavy atom. The molecule has 0 radical (unpaired) electrons. The Morgan fingerprint density at radius 1 is 0.703 bits per heavy atom. The molecule has 0 aliphatic rings. The van der Waals surface area contributed by atoms with E-state index in [1.165, 1.54) is 0 Å². The van der Waals surface area contributed by atoms with Crippen LogP contribution < -0.4 is 20.1 Å². The van der Waals surface area contributed by atoms with Gasteiger partial charge in [0.15, 0.2) is 6.54 Å². The molecule has 0 fully saturated rings. The molecule has 0 aliphatic carbocycles. The molecule has 3 aromatic rings. The van der Waals surface area contributed by atoms with Gasteiger partial charge in [0.05, 0.1) is 31.5 Å². The molecule has 0 spiro atoms. The van der Waals surface area contributed by atoms with Crippen molar-refractivity contribution in [2.45, 2.75) is 19.4 Å². The van der Waals surface area contributed by atoms with Crippen molar-refractivity contribution in [2.24, 2.45) is 5.73 Å². The van der Waals surface area contributed by atoms with E-state index < -0.39 is 0 Å². The van der Waals surface area contributed by atoms with Crippen LogP contribution in [0.5, 0.6) is 0 Å². The summed E-state index contributed by atoms with van der Waals surface area (Å²) in [7, 11) is 4.00. The van der Waals surface area contributed by atoms with E-state index in [1.54, 1.807) is 0 Å². The standard InChI is InChI=1S/C31H35N6/c1-35(23-4-20-32)28-14-8-26(9-15-28)12-18-30-6-3-7-31(37(30)25-22-34)19-13-27-10-16-29(17-11-27)36(2)24-5-21-33/h3,6-19H,4-5,22-25,34H2,1-2H3/q+1. The second-order valence-electron chi connectivity index (χ2n) is 8.82. The normalized spacial score (nSPS) is 10.9. The van der Waals surface area contributed by atoms with Crippen molar-refractivity contribution in [3.63, 3.8) is 0 Å². The number of aromatic nitrogens is 1. The average molecular weight is 492 g/mol. The Morgan fingerprint density at radius 3 is 1.51 bits per heavy atom. The van der Waals surface area contributed by atoms with E-state index in [-0.39, 0.29) is 0 Å². The lowest BCUT2D eigenvalue weighted by molar-refractivity contribution is -0.697.